The first-order valence-corrected chi connectivity index (χ1v) is 3.22. The molecule has 0 saturated carbocycles. The summed E-state index contributed by atoms with van der Waals surface area (Å²) in [5.41, 5.74) is 4.50. The molecule has 1 rings (SSSR count). The zero-order valence-corrected chi connectivity index (χ0v) is 6.18. The van der Waals surface area contributed by atoms with Crippen molar-refractivity contribution in [2.75, 3.05) is 7.05 Å². The van der Waals surface area contributed by atoms with Crippen LogP contribution in [0.5, 0.6) is 0 Å². The largest absolute Gasteiger partial charge is 0.202 e. The fraction of sp³-hybridized carbons (Fsp3) is 0.571. The molecule has 1 aliphatic rings. The summed E-state index contributed by atoms with van der Waals surface area (Å²) >= 11 is 0. The summed E-state index contributed by atoms with van der Waals surface area (Å²) in [6, 6.07) is 0.471. The SMILES string of the molecule is CC1=[N+](C)NC(C)C=C1. The highest BCUT2D eigenvalue weighted by atomic mass is 15.4. The molecule has 0 spiro atoms. The maximum absolute atomic E-state index is 3.24. The van der Waals surface area contributed by atoms with Crippen molar-refractivity contribution in [3.8, 4) is 0 Å². The Morgan fingerprint density at radius 2 is 2.33 bits per heavy atom. The molecule has 0 amide bonds. The maximum atomic E-state index is 3.24. The summed E-state index contributed by atoms with van der Waals surface area (Å²) in [4.78, 5) is 0. The van der Waals surface area contributed by atoms with Gasteiger partial charge in [0.25, 0.3) is 0 Å². The van der Waals surface area contributed by atoms with E-state index in [0.29, 0.717) is 6.04 Å². The Hall–Kier alpha value is -0.790. The lowest BCUT2D eigenvalue weighted by atomic mass is 10.2. The quantitative estimate of drug-likeness (QED) is 0.467. The molecule has 1 heterocycles. The van der Waals surface area contributed by atoms with E-state index in [1.807, 2.05) is 11.7 Å². The van der Waals surface area contributed by atoms with Crippen LogP contribution in [0.2, 0.25) is 0 Å². The van der Waals surface area contributed by atoms with Crippen molar-refractivity contribution in [1.29, 1.82) is 0 Å². The Morgan fingerprint density at radius 3 is 2.78 bits per heavy atom. The topological polar surface area (TPSA) is 15.0 Å². The van der Waals surface area contributed by atoms with E-state index in [-0.39, 0.29) is 0 Å². The van der Waals surface area contributed by atoms with Gasteiger partial charge in [-0.1, -0.05) is 6.08 Å². The van der Waals surface area contributed by atoms with Gasteiger partial charge in [0, 0.05) is 13.0 Å². The van der Waals surface area contributed by atoms with Gasteiger partial charge in [-0.15, -0.1) is 4.68 Å². The summed E-state index contributed by atoms with van der Waals surface area (Å²) in [7, 11) is 2.02. The number of hydrogen-bond donors (Lipinski definition) is 1. The van der Waals surface area contributed by atoms with Crippen molar-refractivity contribution in [2.24, 2.45) is 0 Å². The fourth-order valence-corrected chi connectivity index (χ4v) is 0.846. The first kappa shape index (κ1) is 6.33. The van der Waals surface area contributed by atoms with Crippen LogP contribution in [0, 0.1) is 0 Å². The van der Waals surface area contributed by atoms with Crippen molar-refractivity contribution >= 4 is 5.71 Å². The molecule has 0 aromatic carbocycles. The van der Waals surface area contributed by atoms with E-state index >= 15 is 0 Å². The minimum atomic E-state index is 0.471. The number of hydrogen-bond acceptors (Lipinski definition) is 1. The average Bonchev–Trinajstić information content (AvgIpc) is 1.80. The van der Waals surface area contributed by atoms with Gasteiger partial charge in [-0.2, -0.15) is 5.43 Å². The van der Waals surface area contributed by atoms with Gasteiger partial charge in [-0.05, 0) is 6.92 Å². The van der Waals surface area contributed by atoms with Crippen LogP contribution < -0.4 is 5.43 Å². The molecule has 1 atom stereocenters. The first-order chi connectivity index (χ1) is 4.20. The number of hydrazine groups is 1. The number of allylic oxidation sites excluding steroid dienone is 1. The van der Waals surface area contributed by atoms with E-state index in [9.17, 15) is 0 Å². The minimum absolute atomic E-state index is 0.471. The van der Waals surface area contributed by atoms with Crippen LogP contribution in [0.4, 0.5) is 0 Å². The average molecular weight is 125 g/mol. The Bertz CT molecular complexity index is 168. The summed E-state index contributed by atoms with van der Waals surface area (Å²) in [5, 5.41) is 0. The van der Waals surface area contributed by atoms with Crippen molar-refractivity contribution in [2.45, 2.75) is 19.9 Å². The highest BCUT2D eigenvalue weighted by molar-refractivity contribution is 5.88. The Morgan fingerprint density at radius 1 is 1.67 bits per heavy atom. The number of nitrogens with one attached hydrogen (secondary N) is 1. The van der Waals surface area contributed by atoms with Gasteiger partial charge in [0.1, 0.15) is 0 Å². The molecule has 1 aliphatic heterocycles. The third-order valence-corrected chi connectivity index (χ3v) is 1.55. The molecule has 0 aromatic heterocycles. The molecule has 9 heavy (non-hydrogen) atoms. The number of nitrogens with zero attached hydrogens (tertiary/aromatic N) is 1. The van der Waals surface area contributed by atoms with Gasteiger partial charge in [0.05, 0.1) is 6.04 Å². The molecule has 0 bridgehead atoms. The smallest absolute Gasteiger partial charge is 0.192 e. The first-order valence-electron chi connectivity index (χ1n) is 3.22. The van der Waals surface area contributed by atoms with Crippen LogP contribution in [0.25, 0.3) is 0 Å². The zero-order chi connectivity index (χ0) is 6.85. The lowest BCUT2D eigenvalue weighted by Crippen LogP contribution is -2.38. The van der Waals surface area contributed by atoms with Crippen molar-refractivity contribution < 1.29 is 4.68 Å². The minimum Gasteiger partial charge on any atom is -0.192 e. The molecular formula is C7H13N2+. The molecule has 0 aromatic rings. The highest BCUT2D eigenvalue weighted by Gasteiger charge is 2.09. The molecule has 50 valence electrons. The van der Waals surface area contributed by atoms with Crippen LogP contribution in [0.15, 0.2) is 12.2 Å². The molecule has 1 N–H and O–H groups in total. The third-order valence-electron chi connectivity index (χ3n) is 1.55. The van der Waals surface area contributed by atoms with Crippen molar-refractivity contribution in [3.05, 3.63) is 12.2 Å². The molecule has 0 aliphatic carbocycles. The van der Waals surface area contributed by atoms with E-state index in [4.69, 9.17) is 0 Å². The highest BCUT2D eigenvalue weighted by Crippen LogP contribution is 1.91. The summed E-state index contributed by atoms with van der Waals surface area (Å²) in [6.45, 7) is 4.20. The molecule has 0 radical (unpaired) electrons. The molecule has 0 saturated heterocycles. The van der Waals surface area contributed by atoms with E-state index in [0.717, 1.165) is 0 Å². The second kappa shape index (κ2) is 2.21. The van der Waals surface area contributed by atoms with Crippen LogP contribution in [-0.2, 0) is 0 Å². The number of hydrazone groups is 1. The molecule has 0 fully saturated rings. The maximum Gasteiger partial charge on any atom is 0.202 e. The summed E-state index contributed by atoms with van der Waals surface area (Å²) in [5.74, 6) is 0. The van der Waals surface area contributed by atoms with Gasteiger partial charge in [-0.3, -0.25) is 0 Å². The Balaban J connectivity index is 2.75. The Labute approximate surface area is 55.9 Å². The van der Waals surface area contributed by atoms with Gasteiger partial charge >= 0.3 is 0 Å². The second-order valence-electron chi connectivity index (χ2n) is 2.48. The molecular weight excluding hydrogens is 112 g/mol. The summed E-state index contributed by atoms with van der Waals surface area (Å²) in [6.07, 6.45) is 4.27. The molecule has 1 unspecified atom stereocenters. The van der Waals surface area contributed by atoms with Gasteiger partial charge in [-0.25, -0.2) is 0 Å². The lowest BCUT2D eigenvalue weighted by Gasteiger charge is -2.10. The zero-order valence-electron chi connectivity index (χ0n) is 6.18. The van der Waals surface area contributed by atoms with Gasteiger partial charge < -0.3 is 0 Å². The van der Waals surface area contributed by atoms with E-state index in [1.54, 1.807) is 0 Å². The summed E-state index contributed by atoms with van der Waals surface area (Å²) < 4.78 is 2.03. The van der Waals surface area contributed by atoms with Crippen LogP contribution in [0.3, 0.4) is 0 Å². The van der Waals surface area contributed by atoms with Crippen LogP contribution in [0.1, 0.15) is 13.8 Å². The Kier molecular flexibility index (Phi) is 1.56. The second-order valence-corrected chi connectivity index (χ2v) is 2.48. The van der Waals surface area contributed by atoms with E-state index in [1.165, 1.54) is 5.71 Å². The predicted octanol–water partition coefficient (Wildman–Crippen LogP) is 0.552. The van der Waals surface area contributed by atoms with Gasteiger partial charge in [0.2, 0.25) is 5.71 Å². The van der Waals surface area contributed by atoms with E-state index in [2.05, 4.69) is 31.4 Å². The predicted molar refractivity (Wildman–Crippen MR) is 38.6 cm³/mol. The van der Waals surface area contributed by atoms with Gasteiger partial charge in [0.15, 0.2) is 7.05 Å². The molecule has 2 nitrogen and oxygen atoms in total. The standard InChI is InChI=1S/C7H13N2/c1-6-4-5-7(2)9(3)8-6/h4-6,8H,1-3H3/q+1. The van der Waals surface area contributed by atoms with Crippen molar-refractivity contribution in [1.82, 2.24) is 5.43 Å². The van der Waals surface area contributed by atoms with Crippen LogP contribution >= 0.6 is 0 Å². The normalized spacial score (nSPS) is 26.3. The van der Waals surface area contributed by atoms with E-state index < -0.39 is 0 Å². The third kappa shape index (κ3) is 1.31. The molecule has 2 heteroatoms. The fourth-order valence-electron chi connectivity index (χ4n) is 0.846. The monoisotopic (exact) mass is 125 g/mol. The number of rotatable bonds is 0. The lowest BCUT2D eigenvalue weighted by molar-refractivity contribution is -0.564. The van der Waals surface area contributed by atoms with Crippen LogP contribution in [-0.4, -0.2) is 23.5 Å². The van der Waals surface area contributed by atoms with Crippen molar-refractivity contribution in [3.63, 3.8) is 0 Å².